The van der Waals surface area contributed by atoms with E-state index in [1.807, 2.05) is 41.8 Å². The third kappa shape index (κ3) is 2.69. The number of rotatable bonds is 2. The summed E-state index contributed by atoms with van der Waals surface area (Å²) >= 11 is 0. The van der Waals surface area contributed by atoms with Gasteiger partial charge in [0.25, 0.3) is 6.23 Å². The Morgan fingerprint density at radius 3 is 2.69 bits per heavy atom. The summed E-state index contributed by atoms with van der Waals surface area (Å²) in [6.07, 6.45) is 0.772. The number of benzene rings is 2. The van der Waals surface area contributed by atoms with Gasteiger partial charge in [0.1, 0.15) is 5.82 Å². The first-order chi connectivity index (χ1) is 12.5. The second kappa shape index (κ2) is 6.22. The number of carbonyl (C=O) groups excluding carboxylic acids is 1. The van der Waals surface area contributed by atoms with Crippen molar-refractivity contribution >= 4 is 11.7 Å². The normalized spacial score (nSPS) is 15.5. The maximum absolute atomic E-state index is 14.1. The molecular formula is C20H16FN3O2. The molecule has 2 heterocycles. The summed E-state index contributed by atoms with van der Waals surface area (Å²) in [4.78, 5) is 20.7. The summed E-state index contributed by atoms with van der Waals surface area (Å²) in [5.74, 6) is -0.343. The summed E-state index contributed by atoms with van der Waals surface area (Å²) in [5, 5.41) is 0. The van der Waals surface area contributed by atoms with Crippen LogP contribution in [0.5, 0.6) is 0 Å². The fourth-order valence-corrected chi connectivity index (χ4v) is 3.14. The molecule has 4 rings (SSSR count). The van der Waals surface area contributed by atoms with Gasteiger partial charge < -0.3 is 4.74 Å². The molecule has 0 N–H and O–H groups in total. The third-order valence-corrected chi connectivity index (χ3v) is 4.21. The van der Waals surface area contributed by atoms with Crippen LogP contribution in [0.15, 0.2) is 59.7 Å². The van der Waals surface area contributed by atoms with Crippen molar-refractivity contribution in [2.24, 2.45) is 4.99 Å². The molecule has 130 valence electrons. The molecule has 1 unspecified atom stereocenters. The Kier molecular flexibility index (Phi) is 3.88. The Morgan fingerprint density at radius 1 is 1.19 bits per heavy atom. The van der Waals surface area contributed by atoms with Crippen molar-refractivity contribution in [3.05, 3.63) is 83.2 Å². The van der Waals surface area contributed by atoms with Crippen molar-refractivity contribution < 1.29 is 13.9 Å². The van der Waals surface area contributed by atoms with Crippen LogP contribution in [0.1, 0.15) is 35.8 Å². The average molecular weight is 349 g/mol. The van der Waals surface area contributed by atoms with Gasteiger partial charge in [0.15, 0.2) is 5.82 Å². The van der Waals surface area contributed by atoms with Gasteiger partial charge in [0.2, 0.25) is 0 Å². The molecule has 0 radical (unpaired) electrons. The van der Waals surface area contributed by atoms with Gasteiger partial charge in [-0.1, -0.05) is 30.3 Å². The predicted molar refractivity (Wildman–Crippen MR) is 94.8 cm³/mol. The van der Waals surface area contributed by atoms with Crippen LogP contribution in [0.4, 0.5) is 4.39 Å². The van der Waals surface area contributed by atoms with Crippen LogP contribution in [0.25, 0.3) is 5.69 Å². The summed E-state index contributed by atoms with van der Waals surface area (Å²) in [6.45, 7) is 3.22. The Bertz CT molecular complexity index is 1020. The van der Waals surface area contributed by atoms with Crippen LogP contribution in [-0.2, 0) is 9.53 Å². The lowest BCUT2D eigenvalue weighted by Crippen LogP contribution is -2.12. The van der Waals surface area contributed by atoms with E-state index in [1.54, 1.807) is 12.3 Å². The van der Waals surface area contributed by atoms with Gasteiger partial charge in [0.05, 0.1) is 11.4 Å². The van der Waals surface area contributed by atoms with Crippen molar-refractivity contribution in [1.82, 2.24) is 9.55 Å². The minimum atomic E-state index is -0.910. The quantitative estimate of drug-likeness (QED) is 0.663. The number of aromatic nitrogens is 2. The molecule has 0 aliphatic carbocycles. The molecule has 1 atom stereocenters. The largest absolute Gasteiger partial charge is 0.432 e. The van der Waals surface area contributed by atoms with Crippen LogP contribution in [0, 0.1) is 12.7 Å². The van der Waals surface area contributed by atoms with E-state index in [2.05, 4.69) is 9.98 Å². The second-order valence-electron chi connectivity index (χ2n) is 6.06. The molecule has 0 saturated heterocycles. The number of carbonyl (C=O) groups is 1. The SMILES string of the molecule is CC(=O)OC1N=C(c2ccccc2)c2cc(F)ccc2-n2c(C)cnc21. The van der Waals surface area contributed by atoms with E-state index in [4.69, 9.17) is 4.74 Å². The molecule has 0 spiro atoms. The minimum Gasteiger partial charge on any atom is -0.432 e. The van der Waals surface area contributed by atoms with E-state index in [-0.39, 0.29) is 5.82 Å². The molecule has 0 amide bonds. The van der Waals surface area contributed by atoms with E-state index < -0.39 is 12.2 Å². The lowest BCUT2D eigenvalue weighted by Gasteiger charge is -2.14. The van der Waals surface area contributed by atoms with Gasteiger partial charge in [-0.15, -0.1) is 0 Å². The smallest absolute Gasteiger partial charge is 0.304 e. The molecule has 0 fully saturated rings. The lowest BCUT2D eigenvalue weighted by molar-refractivity contribution is -0.146. The van der Waals surface area contributed by atoms with Gasteiger partial charge in [0, 0.05) is 29.9 Å². The highest BCUT2D eigenvalue weighted by molar-refractivity contribution is 6.15. The Hall–Kier alpha value is -3.28. The van der Waals surface area contributed by atoms with Crippen molar-refractivity contribution in [2.75, 3.05) is 0 Å². The fraction of sp³-hybridized carbons (Fsp3) is 0.150. The Balaban J connectivity index is 2.04. The third-order valence-electron chi connectivity index (χ3n) is 4.21. The van der Waals surface area contributed by atoms with E-state index in [1.165, 1.54) is 19.1 Å². The maximum Gasteiger partial charge on any atom is 0.304 e. The lowest BCUT2D eigenvalue weighted by atomic mass is 10.0. The number of nitrogens with zero attached hydrogens (tertiary/aromatic N) is 3. The second-order valence-corrected chi connectivity index (χ2v) is 6.06. The van der Waals surface area contributed by atoms with Crippen LogP contribution in [0.3, 0.4) is 0 Å². The Morgan fingerprint density at radius 2 is 1.96 bits per heavy atom. The number of hydrogen-bond donors (Lipinski definition) is 0. The monoisotopic (exact) mass is 349 g/mol. The first kappa shape index (κ1) is 16.2. The molecule has 1 aliphatic heterocycles. The average Bonchev–Trinajstić information content (AvgIpc) is 2.94. The molecule has 1 aromatic heterocycles. The van der Waals surface area contributed by atoms with E-state index in [9.17, 15) is 9.18 Å². The highest BCUT2D eigenvalue weighted by atomic mass is 19.1. The molecule has 1 aliphatic rings. The number of halogens is 1. The number of esters is 1. The molecule has 6 heteroatoms. The van der Waals surface area contributed by atoms with Crippen molar-refractivity contribution in [2.45, 2.75) is 20.1 Å². The van der Waals surface area contributed by atoms with Gasteiger partial charge in [-0.2, -0.15) is 0 Å². The van der Waals surface area contributed by atoms with Crippen molar-refractivity contribution in [3.63, 3.8) is 0 Å². The predicted octanol–water partition coefficient (Wildman–Crippen LogP) is 3.73. The van der Waals surface area contributed by atoms with Crippen LogP contribution < -0.4 is 0 Å². The van der Waals surface area contributed by atoms with Crippen molar-refractivity contribution in [1.29, 1.82) is 0 Å². The molecule has 0 bridgehead atoms. The number of aliphatic imine (C=N–C) groups is 1. The zero-order chi connectivity index (χ0) is 18.3. The van der Waals surface area contributed by atoms with E-state index in [0.717, 1.165) is 16.9 Å². The summed E-state index contributed by atoms with van der Waals surface area (Å²) in [7, 11) is 0. The highest BCUT2D eigenvalue weighted by Crippen LogP contribution is 2.32. The van der Waals surface area contributed by atoms with Gasteiger partial charge in [-0.05, 0) is 25.1 Å². The maximum atomic E-state index is 14.1. The molecule has 26 heavy (non-hydrogen) atoms. The zero-order valence-corrected chi connectivity index (χ0v) is 14.3. The van der Waals surface area contributed by atoms with Gasteiger partial charge in [-0.25, -0.2) is 14.4 Å². The highest BCUT2D eigenvalue weighted by Gasteiger charge is 2.29. The van der Waals surface area contributed by atoms with E-state index in [0.29, 0.717) is 17.1 Å². The number of ether oxygens (including phenoxy) is 1. The number of hydrogen-bond acceptors (Lipinski definition) is 4. The first-order valence-electron chi connectivity index (χ1n) is 8.19. The van der Waals surface area contributed by atoms with E-state index >= 15 is 0 Å². The summed E-state index contributed by atoms with van der Waals surface area (Å²) < 4.78 is 21.3. The molecule has 3 aromatic rings. The fourth-order valence-electron chi connectivity index (χ4n) is 3.14. The zero-order valence-electron chi connectivity index (χ0n) is 14.3. The standard InChI is InChI=1S/C20H16FN3O2/c1-12-11-22-19-20(26-13(2)25)23-18(14-6-4-3-5-7-14)16-10-15(21)8-9-17(16)24(12)19/h3-11,20H,1-2H3. The number of imidazole rings is 1. The van der Waals surface area contributed by atoms with Crippen LogP contribution >= 0.6 is 0 Å². The topological polar surface area (TPSA) is 56.5 Å². The van der Waals surface area contributed by atoms with Gasteiger partial charge >= 0.3 is 5.97 Å². The number of fused-ring (bicyclic) bond motifs is 3. The first-order valence-corrected chi connectivity index (χ1v) is 8.19. The molecule has 0 saturated carbocycles. The summed E-state index contributed by atoms with van der Waals surface area (Å²) in [6, 6.07) is 14.0. The van der Waals surface area contributed by atoms with Crippen LogP contribution in [-0.4, -0.2) is 21.2 Å². The molecular weight excluding hydrogens is 333 g/mol. The van der Waals surface area contributed by atoms with Crippen molar-refractivity contribution in [3.8, 4) is 5.69 Å². The van der Waals surface area contributed by atoms with Crippen LogP contribution in [0.2, 0.25) is 0 Å². The molecule has 5 nitrogen and oxygen atoms in total. The molecule has 2 aromatic carbocycles. The number of aryl methyl sites for hydroxylation is 1. The van der Waals surface area contributed by atoms with Gasteiger partial charge in [-0.3, -0.25) is 9.36 Å². The Labute approximate surface area is 149 Å². The summed E-state index contributed by atoms with van der Waals surface area (Å²) in [5.41, 5.74) is 3.56. The minimum absolute atomic E-state index is 0.363.